The molecule has 1 rings (SSSR count). The molecule has 2 unspecified atom stereocenters. The van der Waals surface area contributed by atoms with Gasteiger partial charge in [0.25, 0.3) is 0 Å². The van der Waals surface area contributed by atoms with Crippen LogP contribution in [0.4, 0.5) is 0 Å². The zero-order chi connectivity index (χ0) is 12.1. The number of piperidine rings is 1. The van der Waals surface area contributed by atoms with Gasteiger partial charge in [-0.2, -0.15) is 11.8 Å². The van der Waals surface area contributed by atoms with Crippen molar-refractivity contribution >= 4 is 17.7 Å². The second-order valence-electron chi connectivity index (χ2n) is 4.85. The summed E-state index contributed by atoms with van der Waals surface area (Å²) in [6.07, 6.45) is 4.20. The van der Waals surface area contributed by atoms with Gasteiger partial charge in [0.1, 0.15) is 0 Å². The van der Waals surface area contributed by atoms with Gasteiger partial charge in [0.15, 0.2) is 0 Å². The lowest BCUT2D eigenvalue weighted by Crippen LogP contribution is -2.55. The summed E-state index contributed by atoms with van der Waals surface area (Å²) in [6, 6.07) is 0.780. The van der Waals surface area contributed by atoms with E-state index in [1.165, 1.54) is 0 Å². The normalized spacial score (nSPS) is 23.9. The number of carbonyl (C=O) groups excluding carboxylic acids is 1. The number of nitrogens with one attached hydrogen (secondary N) is 1. The maximum absolute atomic E-state index is 12.2. The van der Waals surface area contributed by atoms with Gasteiger partial charge < -0.3 is 10.2 Å². The summed E-state index contributed by atoms with van der Waals surface area (Å²) in [5, 5.41) is 3.36. The van der Waals surface area contributed by atoms with E-state index in [-0.39, 0.29) is 6.04 Å². The molecule has 16 heavy (non-hydrogen) atoms. The van der Waals surface area contributed by atoms with Crippen LogP contribution in [0.3, 0.4) is 0 Å². The van der Waals surface area contributed by atoms with Gasteiger partial charge in [-0.05, 0) is 26.0 Å². The molecule has 94 valence electrons. The molecule has 1 amide bonds. The van der Waals surface area contributed by atoms with E-state index in [4.69, 9.17) is 0 Å². The molecule has 3 nitrogen and oxygen atoms in total. The molecule has 0 aromatic heterocycles. The van der Waals surface area contributed by atoms with Gasteiger partial charge in [-0.15, -0.1) is 0 Å². The fourth-order valence-corrected chi connectivity index (χ4v) is 2.89. The Morgan fingerprint density at radius 2 is 2.19 bits per heavy atom. The minimum atomic E-state index is 0.0399. The minimum absolute atomic E-state index is 0.0399. The Labute approximate surface area is 103 Å². The number of hydrogen-bond donors (Lipinski definition) is 1. The van der Waals surface area contributed by atoms with Crippen LogP contribution in [0, 0.1) is 0 Å². The molecule has 1 N–H and O–H groups in total. The average Bonchev–Trinajstić information content (AvgIpc) is 2.21. The van der Waals surface area contributed by atoms with Crippen molar-refractivity contribution in [2.45, 2.75) is 51.7 Å². The minimum Gasteiger partial charge on any atom is -0.338 e. The van der Waals surface area contributed by atoms with Gasteiger partial charge >= 0.3 is 0 Å². The van der Waals surface area contributed by atoms with Gasteiger partial charge in [-0.25, -0.2) is 0 Å². The van der Waals surface area contributed by atoms with Crippen LogP contribution in [-0.2, 0) is 4.79 Å². The Hall–Kier alpha value is -0.220. The topological polar surface area (TPSA) is 32.3 Å². The lowest BCUT2D eigenvalue weighted by molar-refractivity contribution is -0.137. The molecule has 2 atom stereocenters. The third-order valence-corrected chi connectivity index (χ3v) is 3.76. The molecule has 0 radical (unpaired) electrons. The molecule has 1 fully saturated rings. The van der Waals surface area contributed by atoms with Crippen LogP contribution < -0.4 is 5.32 Å². The molecule has 1 heterocycles. The summed E-state index contributed by atoms with van der Waals surface area (Å²) >= 11 is 1.81. The van der Waals surface area contributed by atoms with E-state index in [1.54, 1.807) is 11.8 Å². The standard InChI is InChI=1S/C12H24N2OS/c1-9(2)13-11-6-5-7-14(12(11)15)10(3)8-16-4/h9-11,13H,5-8H2,1-4H3. The quantitative estimate of drug-likeness (QED) is 0.799. The molecule has 0 aromatic rings. The van der Waals surface area contributed by atoms with Crippen LogP contribution in [0.25, 0.3) is 0 Å². The number of thioether (sulfide) groups is 1. The van der Waals surface area contributed by atoms with E-state index in [0.717, 1.165) is 25.1 Å². The SMILES string of the molecule is CSCC(C)N1CCCC(NC(C)C)C1=O. The highest BCUT2D eigenvalue weighted by molar-refractivity contribution is 7.98. The van der Waals surface area contributed by atoms with Crippen molar-refractivity contribution in [3.05, 3.63) is 0 Å². The highest BCUT2D eigenvalue weighted by Gasteiger charge is 2.31. The number of amides is 1. The van der Waals surface area contributed by atoms with Crippen molar-refractivity contribution in [3.8, 4) is 0 Å². The molecule has 0 aromatic carbocycles. The Bertz CT molecular complexity index is 233. The largest absolute Gasteiger partial charge is 0.338 e. The lowest BCUT2D eigenvalue weighted by atomic mass is 10.0. The Kier molecular flexibility index (Phi) is 5.62. The van der Waals surface area contributed by atoms with E-state index >= 15 is 0 Å². The second-order valence-corrected chi connectivity index (χ2v) is 5.76. The molecule has 0 aliphatic carbocycles. The Morgan fingerprint density at radius 1 is 1.50 bits per heavy atom. The molecule has 1 aliphatic heterocycles. The smallest absolute Gasteiger partial charge is 0.239 e. The molecule has 1 saturated heterocycles. The first-order chi connectivity index (χ1) is 7.56. The van der Waals surface area contributed by atoms with E-state index in [9.17, 15) is 4.79 Å². The summed E-state index contributed by atoms with van der Waals surface area (Å²) in [4.78, 5) is 14.3. The highest BCUT2D eigenvalue weighted by Crippen LogP contribution is 2.17. The van der Waals surface area contributed by atoms with Crippen molar-refractivity contribution in [1.82, 2.24) is 10.2 Å². The van der Waals surface area contributed by atoms with Gasteiger partial charge in [-0.3, -0.25) is 4.79 Å². The number of hydrogen-bond acceptors (Lipinski definition) is 3. The van der Waals surface area contributed by atoms with Crippen molar-refractivity contribution in [3.63, 3.8) is 0 Å². The fraction of sp³-hybridized carbons (Fsp3) is 0.917. The molecule has 1 aliphatic rings. The predicted octanol–water partition coefficient (Wildman–Crippen LogP) is 1.73. The fourth-order valence-electron chi connectivity index (χ4n) is 2.23. The predicted molar refractivity (Wildman–Crippen MR) is 70.9 cm³/mol. The van der Waals surface area contributed by atoms with Crippen molar-refractivity contribution < 1.29 is 4.79 Å². The van der Waals surface area contributed by atoms with Crippen molar-refractivity contribution in [2.24, 2.45) is 0 Å². The first kappa shape index (κ1) is 13.8. The van der Waals surface area contributed by atoms with E-state index in [2.05, 4.69) is 32.3 Å². The third kappa shape index (κ3) is 3.67. The summed E-state index contributed by atoms with van der Waals surface area (Å²) in [6.45, 7) is 7.26. The van der Waals surface area contributed by atoms with Crippen LogP contribution in [0.5, 0.6) is 0 Å². The number of carbonyl (C=O) groups is 1. The van der Waals surface area contributed by atoms with Crippen LogP contribution in [0.15, 0.2) is 0 Å². The van der Waals surface area contributed by atoms with Crippen LogP contribution >= 0.6 is 11.8 Å². The lowest BCUT2D eigenvalue weighted by Gasteiger charge is -2.37. The van der Waals surface area contributed by atoms with Gasteiger partial charge in [0, 0.05) is 24.4 Å². The number of nitrogens with zero attached hydrogens (tertiary/aromatic N) is 1. The highest BCUT2D eigenvalue weighted by atomic mass is 32.2. The molecule has 0 bridgehead atoms. The maximum Gasteiger partial charge on any atom is 0.239 e. The Balaban J connectivity index is 2.56. The van der Waals surface area contributed by atoms with Crippen LogP contribution in [0.2, 0.25) is 0 Å². The number of likely N-dealkylation sites (tertiary alicyclic amines) is 1. The van der Waals surface area contributed by atoms with Crippen molar-refractivity contribution in [2.75, 3.05) is 18.6 Å². The molecule has 4 heteroatoms. The maximum atomic E-state index is 12.2. The van der Waals surface area contributed by atoms with Gasteiger partial charge in [0.05, 0.1) is 6.04 Å². The Morgan fingerprint density at radius 3 is 2.75 bits per heavy atom. The first-order valence-corrected chi connectivity index (χ1v) is 7.51. The van der Waals surface area contributed by atoms with Crippen LogP contribution in [0.1, 0.15) is 33.6 Å². The van der Waals surface area contributed by atoms with Crippen molar-refractivity contribution in [1.29, 1.82) is 0 Å². The molecule has 0 spiro atoms. The molecular weight excluding hydrogens is 220 g/mol. The van der Waals surface area contributed by atoms with E-state index < -0.39 is 0 Å². The van der Waals surface area contributed by atoms with E-state index in [0.29, 0.717) is 18.0 Å². The summed E-state index contributed by atoms with van der Waals surface area (Å²) in [5.41, 5.74) is 0. The zero-order valence-corrected chi connectivity index (χ0v) is 11.6. The van der Waals surface area contributed by atoms with E-state index in [1.807, 2.05) is 4.90 Å². The number of rotatable bonds is 5. The molecular formula is C12H24N2OS. The van der Waals surface area contributed by atoms with Gasteiger partial charge in [-0.1, -0.05) is 13.8 Å². The summed E-state index contributed by atoms with van der Waals surface area (Å²) in [5.74, 6) is 1.32. The first-order valence-electron chi connectivity index (χ1n) is 6.11. The third-order valence-electron chi connectivity index (χ3n) is 2.95. The monoisotopic (exact) mass is 244 g/mol. The van der Waals surface area contributed by atoms with Gasteiger partial charge in [0.2, 0.25) is 5.91 Å². The van der Waals surface area contributed by atoms with Crippen LogP contribution in [-0.4, -0.2) is 47.5 Å². The zero-order valence-electron chi connectivity index (χ0n) is 10.8. The summed E-state index contributed by atoms with van der Waals surface area (Å²) in [7, 11) is 0. The second kappa shape index (κ2) is 6.50. The molecule has 0 saturated carbocycles. The average molecular weight is 244 g/mol. The summed E-state index contributed by atoms with van der Waals surface area (Å²) < 4.78 is 0.